The molecule has 0 atom stereocenters. The van der Waals surface area contributed by atoms with Crippen molar-refractivity contribution in [2.45, 2.75) is 20.4 Å². The standard InChI is InChI=1S/C13H14BrFN2O/c1-13(2,8-16)12(18)17(3)7-9-6-10(14)4-5-11(9)15/h4-6H,7H2,1-3H3. The van der Waals surface area contributed by atoms with E-state index in [2.05, 4.69) is 15.9 Å². The summed E-state index contributed by atoms with van der Waals surface area (Å²) >= 11 is 3.25. The second kappa shape index (κ2) is 5.49. The van der Waals surface area contributed by atoms with Crippen LogP contribution in [0.3, 0.4) is 0 Å². The van der Waals surface area contributed by atoms with E-state index in [1.54, 1.807) is 33.0 Å². The minimum atomic E-state index is -1.10. The van der Waals surface area contributed by atoms with Crippen LogP contribution in [0.5, 0.6) is 0 Å². The molecular formula is C13H14BrFN2O. The molecule has 96 valence electrons. The average molecular weight is 313 g/mol. The smallest absolute Gasteiger partial charge is 0.242 e. The number of hydrogen-bond donors (Lipinski definition) is 0. The lowest BCUT2D eigenvalue weighted by atomic mass is 9.94. The molecular weight excluding hydrogens is 299 g/mol. The van der Waals surface area contributed by atoms with E-state index in [4.69, 9.17) is 5.26 Å². The molecule has 1 rings (SSSR count). The van der Waals surface area contributed by atoms with E-state index in [9.17, 15) is 9.18 Å². The molecule has 0 saturated heterocycles. The van der Waals surface area contributed by atoms with Crippen molar-refractivity contribution in [2.24, 2.45) is 5.41 Å². The maximum Gasteiger partial charge on any atom is 0.242 e. The van der Waals surface area contributed by atoms with E-state index >= 15 is 0 Å². The van der Waals surface area contributed by atoms with Gasteiger partial charge in [0.2, 0.25) is 5.91 Å². The van der Waals surface area contributed by atoms with Crippen molar-refractivity contribution in [3.8, 4) is 6.07 Å². The minimum absolute atomic E-state index is 0.134. The lowest BCUT2D eigenvalue weighted by Gasteiger charge is -2.24. The van der Waals surface area contributed by atoms with E-state index < -0.39 is 5.41 Å². The fraction of sp³-hybridized carbons (Fsp3) is 0.385. The number of hydrogen-bond acceptors (Lipinski definition) is 2. The molecule has 3 nitrogen and oxygen atoms in total. The molecule has 0 aliphatic rings. The first-order valence-electron chi connectivity index (χ1n) is 5.38. The van der Waals surface area contributed by atoms with Crippen molar-refractivity contribution in [1.82, 2.24) is 4.90 Å². The maximum atomic E-state index is 13.5. The summed E-state index contributed by atoms with van der Waals surface area (Å²) in [6, 6.07) is 6.50. The third-order valence-electron chi connectivity index (χ3n) is 2.58. The van der Waals surface area contributed by atoms with Gasteiger partial charge in [0.1, 0.15) is 11.2 Å². The number of nitrogens with zero attached hydrogens (tertiary/aromatic N) is 2. The van der Waals surface area contributed by atoms with E-state index in [0.29, 0.717) is 5.56 Å². The third-order valence-corrected chi connectivity index (χ3v) is 3.07. The summed E-state index contributed by atoms with van der Waals surface area (Å²) in [5.41, 5.74) is -0.689. The van der Waals surface area contributed by atoms with E-state index in [0.717, 1.165) is 4.47 Å². The van der Waals surface area contributed by atoms with Crippen LogP contribution in [0.15, 0.2) is 22.7 Å². The summed E-state index contributed by atoms with van der Waals surface area (Å²) in [7, 11) is 1.56. The number of halogens is 2. The number of amides is 1. The van der Waals surface area contributed by atoms with Gasteiger partial charge < -0.3 is 4.90 Å². The summed E-state index contributed by atoms with van der Waals surface area (Å²) in [4.78, 5) is 13.3. The molecule has 1 amide bonds. The van der Waals surface area contributed by atoms with Crippen LogP contribution >= 0.6 is 15.9 Å². The summed E-state index contributed by atoms with van der Waals surface area (Å²) < 4.78 is 14.3. The summed E-state index contributed by atoms with van der Waals surface area (Å²) in [6.07, 6.45) is 0. The van der Waals surface area contributed by atoms with Crippen LogP contribution in [0.1, 0.15) is 19.4 Å². The Morgan fingerprint density at radius 3 is 2.72 bits per heavy atom. The Morgan fingerprint density at radius 1 is 1.56 bits per heavy atom. The van der Waals surface area contributed by atoms with Crippen LogP contribution in [0.2, 0.25) is 0 Å². The predicted octanol–water partition coefficient (Wildman–Crippen LogP) is 3.10. The van der Waals surface area contributed by atoms with Crippen molar-refractivity contribution >= 4 is 21.8 Å². The molecule has 0 aromatic heterocycles. The minimum Gasteiger partial charge on any atom is -0.340 e. The van der Waals surface area contributed by atoms with Crippen LogP contribution in [-0.2, 0) is 11.3 Å². The SMILES string of the molecule is CN(Cc1cc(Br)ccc1F)C(=O)C(C)(C)C#N. The van der Waals surface area contributed by atoms with Gasteiger partial charge in [0, 0.05) is 23.6 Å². The van der Waals surface area contributed by atoms with Crippen molar-refractivity contribution in [3.63, 3.8) is 0 Å². The van der Waals surface area contributed by atoms with Crippen LogP contribution in [-0.4, -0.2) is 17.9 Å². The first kappa shape index (κ1) is 14.7. The van der Waals surface area contributed by atoms with Crippen LogP contribution < -0.4 is 0 Å². The van der Waals surface area contributed by atoms with E-state index in [-0.39, 0.29) is 18.3 Å². The van der Waals surface area contributed by atoms with Gasteiger partial charge in [0.25, 0.3) is 0 Å². The fourth-order valence-corrected chi connectivity index (χ4v) is 1.93. The molecule has 18 heavy (non-hydrogen) atoms. The van der Waals surface area contributed by atoms with Crippen LogP contribution in [0.25, 0.3) is 0 Å². The Hall–Kier alpha value is -1.41. The highest BCUT2D eigenvalue weighted by molar-refractivity contribution is 9.10. The number of carbonyl (C=O) groups excluding carboxylic acids is 1. The highest BCUT2D eigenvalue weighted by atomic mass is 79.9. The zero-order chi connectivity index (χ0) is 13.9. The molecule has 0 bridgehead atoms. The van der Waals surface area contributed by atoms with Gasteiger partial charge in [0.15, 0.2) is 0 Å². The molecule has 0 unspecified atom stereocenters. The molecule has 0 aliphatic carbocycles. The number of rotatable bonds is 3. The molecule has 1 aromatic rings. The summed E-state index contributed by atoms with van der Waals surface area (Å²) in [6.45, 7) is 3.22. The fourth-order valence-electron chi connectivity index (χ4n) is 1.52. The monoisotopic (exact) mass is 312 g/mol. The van der Waals surface area contributed by atoms with Gasteiger partial charge in [-0.3, -0.25) is 4.79 Å². The molecule has 0 heterocycles. The van der Waals surface area contributed by atoms with Crippen LogP contribution in [0, 0.1) is 22.6 Å². The van der Waals surface area contributed by atoms with Crippen molar-refractivity contribution in [3.05, 3.63) is 34.1 Å². The summed E-state index contributed by atoms with van der Waals surface area (Å²) in [5.74, 6) is -0.697. The number of benzene rings is 1. The van der Waals surface area contributed by atoms with Gasteiger partial charge in [-0.15, -0.1) is 0 Å². The van der Waals surface area contributed by atoms with Gasteiger partial charge in [-0.2, -0.15) is 5.26 Å². The molecule has 0 aliphatic heterocycles. The van der Waals surface area contributed by atoms with Gasteiger partial charge in [0.05, 0.1) is 6.07 Å². The van der Waals surface area contributed by atoms with Crippen molar-refractivity contribution in [1.29, 1.82) is 5.26 Å². The molecule has 0 saturated carbocycles. The first-order chi connectivity index (χ1) is 8.27. The quantitative estimate of drug-likeness (QED) is 0.861. The van der Waals surface area contributed by atoms with Gasteiger partial charge in [-0.05, 0) is 32.0 Å². The Kier molecular flexibility index (Phi) is 4.47. The van der Waals surface area contributed by atoms with E-state index in [1.165, 1.54) is 11.0 Å². The highest BCUT2D eigenvalue weighted by Gasteiger charge is 2.30. The Labute approximate surface area is 114 Å². The normalized spacial score (nSPS) is 10.9. The van der Waals surface area contributed by atoms with Crippen molar-refractivity contribution < 1.29 is 9.18 Å². The predicted molar refractivity (Wildman–Crippen MR) is 70.0 cm³/mol. The zero-order valence-electron chi connectivity index (χ0n) is 10.5. The molecule has 0 fully saturated rings. The van der Waals surface area contributed by atoms with Gasteiger partial charge in [-0.1, -0.05) is 15.9 Å². The topological polar surface area (TPSA) is 44.1 Å². The van der Waals surface area contributed by atoms with Crippen molar-refractivity contribution in [2.75, 3.05) is 7.05 Å². The van der Waals surface area contributed by atoms with Crippen LogP contribution in [0.4, 0.5) is 4.39 Å². The summed E-state index contributed by atoms with van der Waals surface area (Å²) in [5, 5.41) is 8.90. The second-order valence-electron chi connectivity index (χ2n) is 4.63. The number of carbonyl (C=O) groups is 1. The molecule has 5 heteroatoms. The Balaban J connectivity index is 2.89. The van der Waals surface area contributed by atoms with E-state index in [1.807, 2.05) is 6.07 Å². The lowest BCUT2D eigenvalue weighted by Crippen LogP contribution is -2.37. The maximum absolute atomic E-state index is 13.5. The van der Waals surface area contributed by atoms with Gasteiger partial charge in [-0.25, -0.2) is 4.39 Å². The molecule has 1 aromatic carbocycles. The second-order valence-corrected chi connectivity index (χ2v) is 5.55. The number of nitriles is 1. The Morgan fingerprint density at radius 2 is 2.17 bits per heavy atom. The average Bonchev–Trinajstić information content (AvgIpc) is 2.32. The lowest BCUT2D eigenvalue weighted by molar-refractivity contribution is -0.136. The highest BCUT2D eigenvalue weighted by Crippen LogP contribution is 2.21. The molecule has 0 radical (unpaired) electrons. The Bertz CT molecular complexity index is 508. The van der Waals surface area contributed by atoms with Gasteiger partial charge >= 0.3 is 0 Å². The first-order valence-corrected chi connectivity index (χ1v) is 6.18. The largest absolute Gasteiger partial charge is 0.340 e. The molecule has 0 spiro atoms. The zero-order valence-corrected chi connectivity index (χ0v) is 12.1. The molecule has 0 N–H and O–H groups in total. The third kappa shape index (κ3) is 3.30.